The molecule has 8 heteroatoms. The zero-order chi connectivity index (χ0) is 17.0. The number of benzene rings is 1. The number of nitrogens with zero attached hydrogens (tertiary/aromatic N) is 3. The molecule has 1 atom stereocenters. The van der Waals surface area contributed by atoms with E-state index in [2.05, 4.69) is 15.6 Å². The summed E-state index contributed by atoms with van der Waals surface area (Å²) in [5, 5.41) is 19.5. The van der Waals surface area contributed by atoms with Crippen molar-refractivity contribution in [3.05, 3.63) is 34.6 Å². The van der Waals surface area contributed by atoms with Gasteiger partial charge in [0, 0.05) is 0 Å². The van der Waals surface area contributed by atoms with Gasteiger partial charge < -0.3 is 10.4 Å². The minimum absolute atomic E-state index is 0.111. The molecule has 1 aromatic heterocycles. The third-order valence-corrected chi connectivity index (χ3v) is 3.26. The number of amides is 1. The Hall–Kier alpha value is -2.77. The Labute approximate surface area is 132 Å². The second kappa shape index (κ2) is 6.99. The number of nitrogens with one attached hydrogen (secondary N) is 1. The van der Waals surface area contributed by atoms with Crippen molar-refractivity contribution in [2.75, 3.05) is 0 Å². The number of carboxylic acid groups (broad SMARTS) is 1. The number of fused-ring (bicyclic) bond motifs is 1. The van der Waals surface area contributed by atoms with E-state index in [1.54, 1.807) is 24.3 Å². The minimum atomic E-state index is -1.11. The van der Waals surface area contributed by atoms with E-state index in [4.69, 9.17) is 5.11 Å². The molecule has 2 N–H and O–H groups in total. The average molecular weight is 318 g/mol. The maximum Gasteiger partial charge on any atom is 0.326 e. The van der Waals surface area contributed by atoms with Gasteiger partial charge in [-0.3, -0.25) is 9.59 Å². The first-order chi connectivity index (χ1) is 10.9. The van der Waals surface area contributed by atoms with Crippen LogP contribution < -0.4 is 10.9 Å². The van der Waals surface area contributed by atoms with Crippen molar-refractivity contribution in [2.24, 2.45) is 5.92 Å². The molecule has 0 aliphatic carbocycles. The number of aliphatic carboxylic acids is 1. The molecule has 1 aromatic carbocycles. The van der Waals surface area contributed by atoms with Gasteiger partial charge in [0.2, 0.25) is 5.91 Å². The van der Waals surface area contributed by atoms with Crippen molar-refractivity contribution < 1.29 is 14.7 Å². The Kier molecular flexibility index (Phi) is 5.05. The fourth-order valence-electron chi connectivity index (χ4n) is 2.20. The lowest BCUT2D eigenvalue weighted by Crippen LogP contribution is -2.44. The summed E-state index contributed by atoms with van der Waals surface area (Å²) in [6, 6.07) is 5.68. The molecule has 0 unspecified atom stereocenters. The van der Waals surface area contributed by atoms with E-state index < -0.39 is 23.5 Å². The Bertz CT molecular complexity index is 784. The van der Waals surface area contributed by atoms with Crippen LogP contribution in [0.5, 0.6) is 0 Å². The Balaban J connectivity index is 2.15. The molecule has 0 saturated carbocycles. The number of hydrogen-bond acceptors (Lipinski definition) is 5. The van der Waals surface area contributed by atoms with Crippen LogP contribution in [0.25, 0.3) is 10.9 Å². The van der Waals surface area contributed by atoms with E-state index in [1.807, 2.05) is 13.8 Å². The maximum absolute atomic E-state index is 12.2. The van der Waals surface area contributed by atoms with Crippen molar-refractivity contribution in [3.8, 4) is 0 Å². The molecule has 23 heavy (non-hydrogen) atoms. The van der Waals surface area contributed by atoms with Gasteiger partial charge in [0.15, 0.2) is 0 Å². The fraction of sp³-hybridized carbons (Fsp3) is 0.400. The van der Waals surface area contributed by atoms with Crippen LogP contribution in [0.3, 0.4) is 0 Å². The molecule has 122 valence electrons. The van der Waals surface area contributed by atoms with Crippen LogP contribution in [0.15, 0.2) is 29.1 Å². The average Bonchev–Trinajstić information content (AvgIpc) is 2.49. The predicted octanol–water partition coefficient (Wildman–Crippen LogP) is 0.407. The Morgan fingerprint density at radius 3 is 2.65 bits per heavy atom. The quantitative estimate of drug-likeness (QED) is 0.797. The molecular weight excluding hydrogens is 300 g/mol. The molecule has 2 aromatic rings. The summed E-state index contributed by atoms with van der Waals surface area (Å²) >= 11 is 0. The standard InChI is InChI=1S/C15H18N4O4/c1-9(2)7-12(15(22)23)16-13(20)8-19-14(21)10-5-3-4-6-11(10)17-18-19/h3-6,9,12H,7-8H2,1-2H3,(H,16,20)(H,22,23)/t12-/m1/s1. The normalized spacial score (nSPS) is 12.3. The van der Waals surface area contributed by atoms with Crippen molar-refractivity contribution in [3.63, 3.8) is 0 Å². The van der Waals surface area contributed by atoms with E-state index >= 15 is 0 Å². The molecule has 1 amide bonds. The highest BCUT2D eigenvalue weighted by atomic mass is 16.4. The van der Waals surface area contributed by atoms with Crippen LogP contribution >= 0.6 is 0 Å². The second-order valence-electron chi connectivity index (χ2n) is 5.66. The van der Waals surface area contributed by atoms with Crippen molar-refractivity contribution in [1.82, 2.24) is 20.3 Å². The van der Waals surface area contributed by atoms with Gasteiger partial charge in [0.1, 0.15) is 18.1 Å². The summed E-state index contributed by atoms with van der Waals surface area (Å²) in [7, 11) is 0. The number of carbonyl (C=O) groups is 2. The van der Waals surface area contributed by atoms with Crippen LogP contribution in [-0.4, -0.2) is 38.0 Å². The molecule has 0 radical (unpaired) electrons. The molecule has 1 heterocycles. The maximum atomic E-state index is 12.2. The van der Waals surface area contributed by atoms with Gasteiger partial charge in [-0.2, -0.15) is 0 Å². The monoisotopic (exact) mass is 318 g/mol. The number of carbonyl (C=O) groups excluding carboxylic acids is 1. The summed E-state index contributed by atoms with van der Waals surface area (Å²) in [6.07, 6.45) is 0.305. The van der Waals surface area contributed by atoms with Crippen molar-refractivity contribution >= 4 is 22.8 Å². The number of hydrogen-bond donors (Lipinski definition) is 2. The predicted molar refractivity (Wildman–Crippen MR) is 82.8 cm³/mol. The topological polar surface area (TPSA) is 114 Å². The molecule has 0 aliphatic heterocycles. The van der Waals surface area contributed by atoms with Gasteiger partial charge in [-0.05, 0) is 24.5 Å². The highest BCUT2D eigenvalue weighted by molar-refractivity contribution is 5.83. The summed E-state index contributed by atoms with van der Waals surface area (Å²) in [5.74, 6) is -1.59. The molecular formula is C15H18N4O4. The molecule has 0 bridgehead atoms. The van der Waals surface area contributed by atoms with Crippen LogP contribution in [0.1, 0.15) is 20.3 Å². The first-order valence-electron chi connectivity index (χ1n) is 7.23. The SMILES string of the molecule is CC(C)C[C@@H](NC(=O)Cn1nnc2ccccc2c1=O)C(=O)O. The van der Waals surface area contributed by atoms with Crippen LogP contribution in [0.4, 0.5) is 0 Å². The fourth-order valence-corrected chi connectivity index (χ4v) is 2.20. The van der Waals surface area contributed by atoms with Gasteiger partial charge in [-0.25, -0.2) is 9.48 Å². The minimum Gasteiger partial charge on any atom is -0.480 e. The molecule has 2 rings (SSSR count). The van der Waals surface area contributed by atoms with E-state index in [1.165, 1.54) is 0 Å². The Morgan fingerprint density at radius 1 is 1.30 bits per heavy atom. The van der Waals surface area contributed by atoms with Gasteiger partial charge in [0.05, 0.1) is 5.39 Å². The van der Waals surface area contributed by atoms with Crippen molar-refractivity contribution in [2.45, 2.75) is 32.9 Å². The molecule has 8 nitrogen and oxygen atoms in total. The smallest absolute Gasteiger partial charge is 0.326 e. The lowest BCUT2D eigenvalue weighted by molar-refractivity contribution is -0.142. The molecule has 0 spiro atoms. The molecule has 0 fully saturated rings. The number of rotatable bonds is 6. The third kappa shape index (κ3) is 4.12. The summed E-state index contributed by atoms with van der Waals surface area (Å²) in [6.45, 7) is 3.35. The summed E-state index contributed by atoms with van der Waals surface area (Å²) in [4.78, 5) is 35.4. The lowest BCUT2D eigenvalue weighted by atomic mass is 10.0. The van der Waals surface area contributed by atoms with Gasteiger partial charge in [-0.1, -0.05) is 31.2 Å². The van der Waals surface area contributed by atoms with E-state index in [-0.39, 0.29) is 12.5 Å². The first-order valence-corrected chi connectivity index (χ1v) is 7.23. The molecule has 0 saturated heterocycles. The van der Waals surface area contributed by atoms with E-state index in [9.17, 15) is 14.4 Å². The van der Waals surface area contributed by atoms with Crippen LogP contribution in [0.2, 0.25) is 0 Å². The zero-order valence-electron chi connectivity index (χ0n) is 12.9. The Morgan fingerprint density at radius 2 is 2.00 bits per heavy atom. The molecule has 0 aliphatic rings. The largest absolute Gasteiger partial charge is 0.480 e. The van der Waals surface area contributed by atoms with Crippen molar-refractivity contribution in [1.29, 1.82) is 0 Å². The summed E-state index contributed by atoms with van der Waals surface area (Å²) in [5.41, 5.74) is -0.00105. The first kappa shape index (κ1) is 16.6. The lowest BCUT2D eigenvalue weighted by Gasteiger charge is -2.16. The third-order valence-electron chi connectivity index (χ3n) is 3.26. The number of carboxylic acids is 1. The van der Waals surface area contributed by atoms with Gasteiger partial charge >= 0.3 is 5.97 Å². The van der Waals surface area contributed by atoms with E-state index in [0.717, 1.165) is 4.68 Å². The van der Waals surface area contributed by atoms with Gasteiger partial charge in [-0.15, -0.1) is 5.10 Å². The van der Waals surface area contributed by atoms with E-state index in [0.29, 0.717) is 17.3 Å². The summed E-state index contributed by atoms with van der Waals surface area (Å²) < 4.78 is 0.923. The highest BCUT2D eigenvalue weighted by Gasteiger charge is 2.21. The van der Waals surface area contributed by atoms with Gasteiger partial charge in [0.25, 0.3) is 5.56 Å². The van der Waals surface area contributed by atoms with Crippen LogP contribution in [0, 0.1) is 5.92 Å². The zero-order valence-corrected chi connectivity index (χ0v) is 12.9. The van der Waals surface area contributed by atoms with Crippen LogP contribution in [-0.2, 0) is 16.1 Å². The number of aromatic nitrogens is 3. The highest BCUT2D eigenvalue weighted by Crippen LogP contribution is 2.05. The second-order valence-corrected chi connectivity index (χ2v) is 5.66.